The predicted molar refractivity (Wildman–Crippen MR) is 80.0 cm³/mol. The van der Waals surface area contributed by atoms with Crippen LogP contribution in [-0.2, 0) is 5.41 Å². The van der Waals surface area contributed by atoms with E-state index in [9.17, 15) is 0 Å². The lowest BCUT2D eigenvalue weighted by atomic mass is 9.68. The van der Waals surface area contributed by atoms with Crippen molar-refractivity contribution in [2.24, 2.45) is 0 Å². The lowest BCUT2D eigenvalue weighted by molar-refractivity contribution is 0.146. The number of rotatable bonds is 2. The van der Waals surface area contributed by atoms with Crippen molar-refractivity contribution in [2.75, 3.05) is 25.1 Å². The standard InChI is InChI=1S/C17H21NO2/c1-3-18-11-10-17-9-5-4-6-14(17)20-16-13(19-2)8-7-12(18)15(16)17/h5,7-9,14H,3-4,6,10-11H2,1-2H3/t14-,17-/m1/s1. The molecule has 1 aromatic carbocycles. The van der Waals surface area contributed by atoms with Gasteiger partial charge in [-0.2, -0.15) is 0 Å². The highest BCUT2D eigenvalue weighted by Gasteiger charge is 2.52. The summed E-state index contributed by atoms with van der Waals surface area (Å²) in [6.07, 6.45) is 8.41. The molecule has 106 valence electrons. The molecule has 4 rings (SSSR count). The van der Waals surface area contributed by atoms with Crippen LogP contribution in [0.2, 0.25) is 0 Å². The molecule has 0 saturated carbocycles. The Hall–Kier alpha value is -1.64. The molecule has 0 bridgehead atoms. The third-order valence-corrected chi connectivity index (χ3v) is 5.15. The highest BCUT2D eigenvalue weighted by atomic mass is 16.5. The SMILES string of the molecule is CCN1CC[C@]23C=CCC[C@H]2Oc2c(OC)ccc1c23. The zero-order valence-corrected chi connectivity index (χ0v) is 12.2. The summed E-state index contributed by atoms with van der Waals surface area (Å²) in [5, 5.41) is 0. The van der Waals surface area contributed by atoms with Crippen molar-refractivity contribution in [3.8, 4) is 11.5 Å². The van der Waals surface area contributed by atoms with E-state index in [4.69, 9.17) is 9.47 Å². The number of anilines is 1. The molecular formula is C17H21NO2. The van der Waals surface area contributed by atoms with E-state index in [-0.39, 0.29) is 11.5 Å². The first-order chi connectivity index (χ1) is 9.80. The van der Waals surface area contributed by atoms with Crippen LogP contribution in [0.4, 0.5) is 5.69 Å². The quantitative estimate of drug-likeness (QED) is 0.771. The Morgan fingerprint density at radius 1 is 1.45 bits per heavy atom. The maximum absolute atomic E-state index is 6.34. The van der Waals surface area contributed by atoms with Crippen molar-refractivity contribution in [1.29, 1.82) is 0 Å². The normalized spacial score (nSPS) is 29.7. The molecule has 1 aromatic rings. The summed E-state index contributed by atoms with van der Waals surface area (Å²) in [4.78, 5) is 2.46. The van der Waals surface area contributed by atoms with E-state index in [1.807, 2.05) is 0 Å². The monoisotopic (exact) mass is 271 g/mol. The van der Waals surface area contributed by atoms with Crippen molar-refractivity contribution in [2.45, 2.75) is 37.7 Å². The number of allylic oxidation sites excluding steroid dienone is 1. The van der Waals surface area contributed by atoms with Crippen LogP contribution in [0, 0.1) is 0 Å². The Balaban J connectivity index is 1.98. The molecule has 3 heteroatoms. The predicted octanol–water partition coefficient (Wildman–Crippen LogP) is 3.27. The first-order valence-corrected chi connectivity index (χ1v) is 7.61. The van der Waals surface area contributed by atoms with Crippen molar-refractivity contribution >= 4 is 5.69 Å². The van der Waals surface area contributed by atoms with Crippen LogP contribution in [0.1, 0.15) is 31.7 Å². The molecule has 1 aliphatic carbocycles. The van der Waals surface area contributed by atoms with Crippen molar-refractivity contribution < 1.29 is 9.47 Å². The van der Waals surface area contributed by atoms with Gasteiger partial charge in [-0.1, -0.05) is 12.2 Å². The smallest absolute Gasteiger partial charge is 0.167 e. The van der Waals surface area contributed by atoms with Gasteiger partial charge in [-0.05, 0) is 38.3 Å². The summed E-state index contributed by atoms with van der Waals surface area (Å²) in [7, 11) is 1.73. The third kappa shape index (κ3) is 1.36. The fourth-order valence-corrected chi connectivity index (χ4v) is 4.14. The largest absolute Gasteiger partial charge is 0.493 e. The molecule has 0 radical (unpaired) electrons. The maximum atomic E-state index is 6.34. The summed E-state index contributed by atoms with van der Waals surface area (Å²) in [6, 6.07) is 4.26. The number of benzene rings is 1. The fraction of sp³-hybridized carbons (Fsp3) is 0.529. The molecule has 0 aromatic heterocycles. The minimum Gasteiger partial charge on any atom is -0.493 e. The molecule has 1 spiro atoms. The molecule has 2 aliphatic heterocycles. The van der Waals surface area contributed by atoms with Crippen LogP contribution in [-0.4, -0.2) is 26.3 Å². The number of hydrogen-bond donors (Lipinski definition) is 0. The molecule has 3 nitrogen and oxygen atoms in total. The molecule has 2 atom stereocenters. The Bertz CT molecular complexity index is 581. The van der Waals surface area contributed by atoms with Crippen LogP contribution < -0.4 is 14.4 Å². The molecule has 0 unspecified atom stereocenters. The molecule has 3 aliphatic rings. The lowest BCUT2D eigenvalue weighted by Gasteiger charge is -2.42. The summed E-state index contributed by atoms with van der Waals surface area (Å²) in [5.74, 6) is 1.86. The first kappa shape index (κ1) is 12.1. The summed E-state index contributed by atoms with van der Waals surface area (Å²) < 4.78 is 11.9. The van der Waals surface area contributed by atoms with Gasteiger partial charge in [0.05, 0.1) is 12.5 Å². The van der Waals surface area contributed by atoms with E-state index in [1.54, 1.807) is 7.11 Å². The summed E-state index contributed by atoms with van der Waals surface area (Å²) in [5.41, 5.74) is 2.79. The van der Waals surface area contributed by atoms with Gasteiger partial charge in [0.15, 0.2) is 11.5 Å². The first-order valence-electron chi connectivity index (χ1n) is 7.61. The second kappa shape index (κ2) is 4.18. The van der Waals surface area contributed by atoms with Crippen molar-refractivity contribution in [3.63, 3.8) is 0 Å². The lowest BCUT2D eigenvalue weighted by Crippen LogP contribution is -2.45. The number of ether oxygens (including phenoxy) is 2. The maximum Gasteiger partial charge on any atom is 0.167 e. The van der Waals surface area contributed by atoms with Crippen LogP contribution in [0.3, 0.4) is 0 Å². The Kier molecular flexibility index (Phi) is 2.53. The number of methoxy groups -OCH3 is 1. The highest BCUT2D eigenvalue weighted by molar-refractivity contribution is 5.72. The zero-order chi connectivity index (χ0) is 13.7. The van der Waals surface area contributed by atoms with Gasteiger partial charge in [0, 0.05) is 24.3 Å². The minimum atomic E-state index is 0.0864. The molecule has 20 heavy (non-hydrogen) atoms. The van der Waals surface area contributed by atoms with Gasteiger partial charge in [0.1, 0.15) is 6.10 Å². The number of nitrogens with zero attached hydrogens (tertiary/aromatic N) is 1. The van der Waals surface area contributed by atoms with Crippen LogP contribution >= 0.6 is 0 Å². The molecule has 2 heterocycles. The second-order valence-electron chi connectivity index (χ2n) is 5.95. The summed E-state index contributed by atoms with van der Waals surface area (Å²) >= 11 is 0. The van der Waals surface area contributed by atoms with E-state index in [0.717, 1.165) is 43.9 Å². The molecular weight excluding hydrogens is 250 g/mol. The van der Waals surface area contributed by atoms with Gasteiger partial charge in [-0.3, -0.25) is 0 Å². The molecule has 0 N–H and O–H groups in total. The molecule has 0 saturated heterocycles. The average molecular weight is 271 g/mol. The van der Waals surface area contributed by atoms with Crippen molar-refractivity contribution in [3.05, 3.63) is 29.8 Å². The van der Waals surface area contributed by atoms with Gasteiger partial charge in [-0.25, -0.2) is 0 Å². The van der Waals surface area contributed by atoms with E-state index in [0.29, 0.717) is 0 Å². The Morgan fingerprint density at radius 2 is 2.35 bits per heavy atom. The van der Waals surface area contributed by atoms with Crippen LogP contribution in [0.5, 0.6) is 11.5 Å². The molecule has 0 amide bonds. The number of hydrogen-bond acceptors (Lipinski definition) is 3. The van der Waals surface area contributed by atoms with Gasteiger partial charge >= 0.3 is 0 Å². The van der Waals surface area contributed by atoms with Gasteiger partial charge in [-0.15, -0.1) is 0 Å². The van der Waals surface area contributed by atoms with E-state index in [2.05, 4.69) is 36.1 Å². The van der Waals surface area contributed by atoms with E-state index >= 15 is 0 Å². The average Bonchev–Trinajstić information content (AvgIpc) is 2.84. The third-order valence-electron chi connectivity index (χ3n) is 5.15. The van der Waals surface area contributed by atoms with E-state index in [1.165, 1.54) is 11.3 Å². The topological polar surface area (TPSA) is 21.7 Å². The van der Waals surface area contributed by atoms with Crippen LogP contribution in [0.15, 0.2) is 24.3 Å². The van der Waals surface area contributed by atoms with Gasteiger partial charge in [0.2, 0.25) is 0 Å². The zero-order valence-electron chi connectivity index (χ0n) is 12.2. The Labute approximate surface area is 120 Å². The summed E-state index contributed by atoms with van der Waals surface area (Å²) in [6.45, 7) is 4.38. The van der Waals surface area contributed by atoms with Gasteiger partial charge in [0.25, 0.3) is 0 Å². The second-order valence-corrected chi connectivity index (χ2v) is 5.95. The molecule has 0 fully saturated rings. The van der Waals surface area contributed by atoms with Crippen molar-refractivity contribution in [1.82, 2.24) is 0 Å². The fourth-order valence-electron chi connectivity index (χ4n) is 4.14. The minimum absolute atomic E-state index is 0.0864. The van der Waals surface area contributed by atoms with Crippen LogP contribution in [0.25, 0.3) is 0 Å². The highest BCUT2D eigenvalue weighted by Crippen LogP contribution is 2.58. The van der Waals surface area contributed by atoms with E-state index < -0.39 is 0 Å². The Morgan fingerprint density at radius 3 is 3.15 bits per heavy atom. The van der Waals surface area contributed by atoms with Gasteiger partial charge < -0.3 is 14.4 Å².